The topological polar surface area (TPSA) is 71.1 Å². The Morgan fingerprint density at radius 3 is 2.43 bits per heavy atom. The lowest BCUT2D eigenvalue weighted by atomic mass is 10.1. The zero-order valence-corrected chi connectivity index (χ0v) is 13.4. The minimum Gasteiger partial charge on any atom is -0.500 e. The van der Waals surface area contributed by atoms with E-state index in [1.165, 1.54) is 21.3 Å². The highest BCUT2D eigenvalue weighted by Crippen LogP contribution is 2.27. The lowest BCUT2D eigenvalue weighted by Gasteiger charge is -2.13. The quantitative estimate of drug-likeness (QED) is 0.336. The summed E-state index contributed by atoms with van der Waals surface area (Å²) in [6, 6.07) is 4.98. The van der Waals surface area contributed by atoms with Gasteiger partial charge in [-0.05, 0) is 11.6 Å². The van der Waals surface area contributed by atoms with Crippen molar-refractivity contribution in [3.63, 3.8) is 0 Å². The number of methoxy groups -OCH3 is 3. The number of ether oxygens (including phenoxy) is 4. The van der Waals surface area contributed by atoms with E-state index in [1.54, 1.807) is 18.2 Å². The van der Waals surface area contributed by atoms with Crippen molar-refractivity contribution >= 4 is 27.9 Å². The number of carbonyl (C=O) groups is 2. The molecule has 0 saturated heterocycles. The lowest BCUT2D eigenvalue weighted by molar-refractivity contribution is -0.138. The van der Waals surface area contributed by atoms with Crippen molar-refractivity contribution in [1.29, 1.82) is 0 Å². The maximum absolute atomic E-state index is 11.9. The Kier molecular flexibility index (Phi) is 6.74. The summed E-state index contributed by atoms with van der Waals surface area (Å²) >= 11 is 3.29. The lowest BCUT2D eigenvalue weighted by Crippen LogP contribution is -2.14. The van der Waals surface area contributed by atoms with Gasteiger partial charge in [0, 0.05) is 5.33 Å². The number of rotatable bonds is 6. The van der Waals surface area contributed by atoms with E-state index >= 15 is 0 Å². The minimum atomic E-state index is -0.725. The molecular formula is C14H15BrO6. The molecule has 0 radical (unpaired) electrons. The standard InChI is InChI=1S/C14H15BrO6/c1-18-8-11(13(16)19-2)21-10-6-4-5-9(7-15)12(10)14(17)20-3/h4-6,8H,7H2,1-3H3/b11-8+. The molecule has 1 aromatic rings. The molecule has 0 aromatic heterocycles. The van der Waals surface area contributed by atoms with Crippen LogP contribution in [0, 0.1) is 0 Å². The minimum absolute atomic E-state index is 0.174. The van der Waals surface area contributed by atoms with Gasteiger partial charge in [0.05, 0.1) is 21.3 Å². The van der Waals surface area contributed by atoms with Crippen molar-refractivity contribution in [3.8, 4) is 5.75 Å². The smallest absolute Gasteiger partial charge is 0.377 e. The van der Waals surface area contributed by atoms with Crippen molar-refractivity contribution in [3.05, 3.63) is 41.3 Å². The van der Waals surface area contributed by atoms with Crippen LogP contribution in [-0.2, 0) is 24.3 Å². The van der Waals surface area contributed by atoms with Crippen LogP contribution in [0.5, 0.6) is 5.75 Å². The molecule has 0 aliphatic heterocycles. The molecule has 0 spiro atoms. The molecule has 0 atom stereocenters. The fourth-order valence-electron chi connectivity index (χ4n) is 1.55. The Hall–Kier alpha value is -2.02. The fourth-order valence-corrected chi connectivity index (χ4v) is 2.01. The Morgan fingerprint density at radius 2 is 1.90 bits per heavy atom. The third-order valence-corrected chi connectivity index (χ3v) is 3.08. The molecule has 1 rings (SSSR count). The second-order valence-corrected chi connectivity index (χ2v) is 4.29. The Bertz CT molecular complexity index is 552. The van der Waals surface area contributed by atoms with Crippen molar-refractivity contribution in [2.75, 3.05) is 21.3 Å². The normalized spacial score (nSPS) is 10.8. The second kappa shape index (κ2) is 8.31. The maximum Gasteiger partial charge on any atom is 0.377 e. The van der Waals surface area contributed by atoms with Gasteiger partial charge in [0.1, 0.15) is 17.6 Å². The van der Waals surface area contributed by atoms with E-state index in [9.17, 15) is 9.59 Å². The van der Waals surface area contributed by atoms with Gasteiger partial charge in [0.25, 0.3) is 0 Å². The van der Waals surface area contributed by atoms with Crippen LogP contribution >= 0.6 is 15.9 Å². The van der Waals surface area contributed by atoms with Gasteiger partial charge in [-0.25, -0.2) is 9.59 Å². The highest BCUT2D eigenvalue weighted by molar-refractivity contribution is 9.08. The van der Waals surface area contributed by atoms with Crippen molar-refractivity contribution in [1.82, 2.24) is 0 Å². The summed E-state index contributed by atoms with van der Waals surface area (Å²) in [4.78, 5) is 23.5. The summed E-state index contributed by atoms with van der Waals surface area (Å²) in [6.45, 7) is 0. The van der Waals surface area contributed by atoms with Gasteiger partial charge >= 0.3 is 11.9 Å². The van der Waals surface area contributed by atoms with Gasteiger partial charge in [-0.2, -0.15) is 0 Å². The zero-order chi connectivity index (χ0) is 15.8. The average Bonchev–Trinajstić information content (AvgIpc) is 2.52. The van der Waals surface area contributed by atoms with E-state index in [0.717, 1.165) is 6.26 Å². The number of benzene rings is 1. The molecule has 7 heteroatoms. The van der Waals surface area contributed by atoms with E-state index < -0.39 is 11.9 Å². The van der Waals surface area contributed by atoms with E-state index in [0.29, 0.717) is 10.9 Å². The monoisotopic (exact) mass is 358 g/mol. The van der Waals surface area contributed by atoms with Crippen LogP contribution in [0.25, 0.3) is 0 Å². The first-order chi connectivity index (χ1) is 10.1. The van der Waals surface area contributed by atoms with Gasteiger partial charge in [0.15, 0.2) is 0 Å². The SMILES string of the molecule is CO/C=C(/Oc1cccc(CBr)c1C(=O)OC)C(=O)OC. The average molecular weight is 359 g/mol. The van der Waals surface area contributed by atoms with Crippen molar-refractivity contribution in [2.24, 2.45) is 0 Å². The molecule has 1 aromatic carbocycles. The number of esters is 2. The molecule has 0 heterocycles. The van der Waals surface area contributed by atoms with Gasteiger partial charge in [-0.3, -0.25) is 0 Å². The third kappa shape index (κ3) is 4.22. The third-order valence-electron chi connectivity index (χ3n) is 2.48. The predicted octanol–water partition coefficient (Wildman–Crippen LogP) is 2.41. The van der Waals surface area contributed by atoms with Gasteiger partial charge in [0.2, 0.25) is 5.76 Å². The summed E-state index contributed by atoms with van der Waals surface area (Å²) in [5.74, 6) is -1.30. The van der Waals surface area contributed by atoms with E-state index in [4.69, 9.17) is 14.2 Å². The highest BCUT2D eigenvalue weighted by Gasteiger charge is 2.21. The summed E-state index contributed by atoms with van der Waals surface area (Å²) in [5.41, 5.74) is 0.892. The Balaban J connectivity index is 3.26. The number of carbonyl (C=O) groups excluding carboxylic acids is 2. The van der Waals surface area contributed by atoms with Gasteiger partial charge in [-0.15, -0.1) is 0 Å². The first-order valence-electron chi connectivity index (χ1n) is 5.84. The molecule has 0 aliphatic rings. The highest BCUT2D eigenvalue weighted by atomic mass is 79.9. The molecule has 0 N–H and O–H groups in total. The Morgan fingerprint density at radius 1 is 1.19 bits per heavy atom. The van der Waals surface area contributed by atoms with Crippen molar-refractivity contribution in [2.45, 2.75) is 5.33 Å². The summed E-state index contributed by atoms with van der Waals surface area (Å²) in [5, 5.41) is 0.427. The molecule has 0 amide bonds. The van der Waals surface area contributed by atoms with E-state index in [2.05, 4.69) is 20.7 Å². The number of alkyl halides is 1. The van der Waals surface area contributed by atoms with Crippen LogP contribution in [-0.4, -0.2) is 33.3 Å². The van der Waals surface area contributed by atoms with Crippen LogP contribution in [0.1, 0.15) is 15.9 Å². The van der Waals surface area contributed by atoms with Crippen LogP contribution in [0.3, 0.4) is 0 Å². The summed E-state index contributed by atoms with van der Waals surface area (Å²) in [7, 11) is 3.84. The van der Waals surface area contributed by atoms with Crippen LogP contribution < -0.4 is 4.74 Å². The van der Waals surface area contributed by atoms with E-state index in [-0.39, 0.29) is 17.1 Å². The first kappa shape index (κ1) is 17.0. The largest absolute Gasteiger partial charge is 0.500 e. The van der Waals surface area contributed by atoms with Crippen molar-refractivity contribution < 1.29 is 28.5 Å². The number of hydrogen-bond acceptors (Lipinski definition) is 6. The molecule has 114 valence electrons. The summed E-state index contributed by atoms with van der Waals surface area (Å²) < 4.78 is 19.5. The molecule has 6 nitrogen and oxygen atoms in total. The summed E-state index contributed by atoms with van der Waals surface area (Å²) in [6.07, 6.45) is 1.09. The number of halogens is 1. The zero-order valence-electron chi connectivity index (χ0n) is 11.8. The van der Waals surface area contributed by atoms with Crippen LogP contribution in [0.2, 0.25) is 0 Å². The second-order valence-electron chi connectivity index (χ2n) is 3.73. The first-order valence-corrected chi connectivity index (χ1v) is 6.96. The van der Waals surface area contributed by atoms with Gasteiger partial charge < -0.3 is 18.9 Å². The molecule has 21 heavy (non-hydrogen) atoms. The molecule has 0 unspecified atom stereocenters. The predicted molar refractivity (Wildman–Crippen MR) is 78.1 cm³/mol. The van der Waals surface area contributed by atoms with Crippen LogP contribution in [0.4, 0.5) is 0 Å². The molecular weight excluding hydrogens is 344 g/mol. The van der Waals surface area contributed by atoms with Gasteiger partial charge in [-0.1, -0.05) is 28.1 Å². The fraction of sp³-hybridized carbons (Fsp3) is 0.286. The molecule has 0 aliphatic carbocycles. The molecule has 0 bridgehead atoms. The Labute approximate surface area is 130 Å². The molecule has 0 fully saturated rings. The maximum atomic E-state index is 11.9. The van der Waals surface area contributed by atoms with E-state index in [1.807, 2.05) is 0 Å². The van der Waals surface area contributed by atoms with Crippen LogP contribution in [0.15, 0.2) is 30.2 Å². The number of hydrogen-bond donors (Lipinski definition) is 0. The molecule has 0 saturated carbocycles.